The largest absolute Gasteiger partial charge is 0.408 e. The lowest BCUT2D eigenvalue weighted by Gasteiger charge is -2.30. The summed E-state index contributed by atoms with van der Waals surface area (Å²) < 4.78 is 5.67. The van der Waals surface area contributed by atoms with E-state index in [-0.39, 0.29) is 11.7 Å². The van der Waals surface area contributed by atoms with Gasteiger partial charge in [-0.3, -0.25) is 9.78 Å². The summed E-state index contributed by atoms with van der Waals surface area (Å²) >= 11 is 0. The number of hydrogen-bond acceptors (Lipinski definition) is 6. The molecule has 2 aromatic heterocycles. The predicted molar refractivity (Wildman–Crippen MR) is 81.8 cm³/mol. The molecule has 1 fully saturated rings. The van der Waals surface area contributed by atoms with Crippen LogP contribution in [0.15, 0.2) is 28.8 Å². The lowest BCUT2D eigenvalue weighted by Crippen LogP contribution is -2.39. The molecule has 0 radical (unpaired) electrons. The number of Topliss-reactive ketones (excluding diaryl/α,β-unsaturated/α-hetero) is 1. The van der Waals surface area contributed by atoms with Crippen molar-refractivity contribution in [2.45, 2.75) is 32.6 Å². The third-order valence-electron chi connectivity index (χ3n) is 3.90. The van der Waals surface area contributed by atoms with E-state index in [0.717, 1.165) is 32.2 Å². The molecule has 0 spiro atoms. The molecule has 1 aliphatic heterocycles. The van der Waals surface area contributed by atoms with Crippen molar-refractivity contribution in [2.24, 2.45) is 5.92 Å². The van der Waals surface area contributed by atoms with E-state index >= 15 is 0 Å². The van der Waals surface area contributed by atoms with Crippen LogP contribution in [0, 0.1) is 5.92 Å². The molecule has 0 unspecified atom stereocenters. The van der Waals surface area contributed by atoms with Gasteiger partial charge >= 0.3 is 6.01 Å². The minimum atomic E-state index is -0.0647. The molecule has 0 amide bonds. The van der Waals surface area contributed by atoms with Gasteiger partial charge in [0.05, 0.1) is 0 Å². The first-order valence-electron chi connectivity index (χ1n) is 7.80. The number of carbonyl (C=O) groups is 1. The third kappa shape index (κ3) is 3.16. The van der Waals surface area contributed by atoms with Gasteiger partial charge in [0.15, 0.2) is 5.78 Å². The molecule has 0 N–H and O–H groups in total. The topological polar surface area (TPSA) is 72.1 Å². The molecule has 0 bridgehead atoms. The van der Waals surface area contributed by atoms with Crippen LogP contribution in [-0.4, -0.2) is 34.1 Å². The summed E-state index contributed by atoms with van der Waals surface area (Å²) in [5, 5.41) is 8.16. The van der Waals surface area contributed by atoms with Crippen LogP contribution in [0.3, 0.4) is 0 Å². The monoisotopic (exact) mass is 300 g/mol. The first kappa shape index (κ1) is 14.7. The number of anilines is 1. The van der Waals surface area contributed by atoms with E-state index in [4.69, 9.17) is 4.42 Å². The maximum atomic E-state index is 12.5. The Kier molecular flexibility index (Phi) is 4.46. The Morgan fingerprint density at radius 3 is 3.09 bits per heavy atom. The van der Waals surface area contributed by atoms with Crippen molar-refractivity contribution < 1.29 is 9.21 Å². The summed E-state index contributed by atoms with van der Waals surface area (Å²) in [4.78, 5) is 18.7. The van der Waals surface area contributed by atoms with E-state index in [0.29, 0.717) is 24.1 Å². The van der Waals surface area contributed by atoms with E-state index in [9.17, 15) is 4.79 Å². The van der Waals surface area contributed by atoms with E-state index in [2.05, 4.69) is 22.1 Å². The van der Waals surface area contributed by atoms with Crippen molar-refractivity contribution in [3.8, 4) is 0 Å². The summed E-state index contributed by atoms with van der Waals surface area (Å²) in [5.74, 6) is 0.694. The fraction of sp³-hybridized carbons (Fsp3) is 0.500. The quantitative estimate of drug-likeness (QED) is 0.790. The Hall–Kier alpha value is -2.24. The highest BCUT2D eigenvalue weighted by molar-refractivity contribution is 5.96. The molecule has 0 saturated carbocycles. The van der Waals surface area contributed by atoms with Crippen molar-refractivity contribution >= 4 is 11.8 Å². The van der Waals surface area contributed by atoms with Crippen LogP contribution in [0.4, 0.5) is 6.01 Å². The average Bonchev–Trinajstić information content (AvgIpc) is 3.04. The molecular formula is C16H20N4O2. The number of piperidine rings is 1. The van der Waals surface area contributed by atoms with Crippen molar-refractivity contribution in [3.63, 3.8) is 0 Å². The van der Waals surface area contributed by atoms with E-state index < -0.39 is 0 Å². The zero-order valence-electron chi connectivity index (χ0n) is 12.7. The number of nitrogens with zero attached hydrogens (tertiary/aromatic N) is 4. The standard InChI is InChI=1S/C16H20N4O2/c1-2-6-14-18-19-16(22-14)20-10-5-7-12(11-20)15(21)13-8-3-4-9-17-13/h3-4,8-9,12H,2,5-7,10-11H2,1H3/t12-/m0/s1. The summed E-state index contributed by atoms with van der Waals surface area (Å²) in [7, 11) is 0. The fourth-order valence-electron chi connectivity index (χ4n) is 2.77. The van der Waals surface area contributed by atoms with E-state index in [1.807, 2.05) is 17.0 Å². The van der Waals surface area contributed by atoms with E-state index in [1.165, 1.54) is 0 Å². The molecule has 6 nitrogen and oxygen atoms in total. The number of ketones is 1. The van der Waals surface area contributed by atoms with Gasteiger partial charge < -0.3 is 9.32 Å². The number of carbonyl (C=O) groups excluding carboxylic acids is 1. The molecule has 1 atom stereocenters. The SMILES string of the molecule is CCCc1nnc(N2CCC[C@H](C(=O)c3ccccn3)C2)o1. The lowest BCUT2D eigenvalue weighted by molar-refractivity contribution is 0.0901. The first-order chi connectivity index (χ1) is 10.8. The molecule has 1 saturated heterocycles. The van der Waals surface area contributed by atoms with Gasteiger partial charge in [-0.15, -0.1) is 5.10 Å². The smallest absolute Gasteiger partial charge is 0.318 e. The Morgan fingerprint density at radius 1 is 1.41 bits per heavy atom. The van der Waals surface area contributed by atoms with Crippen molar-refractivity contribution in [1.29, 1.82) is 0 Å². The Morgan fingerprint density at radius 2 is 2.32 bits per heavy atom. The molecule has 2 aromatic rings. The first-order valence-corrected chi connectivity index (χ1v) is 7.80. The highest BCUT2D eigenvalue weighted by Crippen LogP contribution is 2.24. The predicted octanol–water partition coefficient (Wildman–Crippen LogP) is 2.52. The second-order valence-corrected chi connectivity index (χ2v) is 5.59. The second-order valence-electron chi connectivity index (χ2n) is 5.59. The van der Waals surface area contributed by atoms with Crippen LogP contribution >= 0.6 is 0 Å². The number of aryl methyl sites for hydroxylation is 1. The summed E-state index contributed by atoms with van der Waals surface area (Å²) in [5.41, 5.74) is 0.534. The maximum Gasteiger partial charge on any atom is 0.318 e. The molecule has 1 aliphatic rings. The zero-order chi connectivity index (χ0) is 15.4. The molecular weight excluding hydrogens is 280 g/mol. The summed E-state index contributed by atoms with van der Waals surface area (Å²) in [6.07, 6.45) is 5.24. The summed E-state index contributed by atoms with van der Waals surface area (Å²) in [6, 6.07) is 5.96. The van der Waals surface area contributed by atoms with Gasteiger partial charge in [-0.1, -0.05) is 18.1 Å². The number of aromatic nitrogens is 3. The van der Waals surface area contributed by atoms with Gasteiger partial charge in [-0.25, -0.2) is 0 Å². The van der Waals surface area contributed by atoms with Crippen LogP contribution in [0.2, 0.25) is 0 Å². The average molecular weight is 300 g/mol. The Bertz CT molecular complexity index is 626. The highest BCUT2D eigenvalue weighted by atomic mass is 16.4. The third-order valence-corrected chi connectivity index (χ3v) is 3.90. The lowest BCUT2D eigenvalue weighted by atomic mass is 9.92. The summed E-state index contributed by atoms with van der Waals surface area (Å²) in [6.45, 7) is 3.54. The number of rotatable bonds is 5. The highest BCUT2D eigenvalue weighted by Gasteiger charge is 2.29. The minimum Gasteiger partial charge on any atom is -0.408 e. The normalized spacial score (nSPS) is 18.4. The fourth-order valence-corrected chi connectivity index (χ4v) is 2.77. The van der Waals surface area contributed by atoms with Crippen molar-refractivity contribution in [2.75, 3.05) is 18.0 Å². The van der Waals surface area contributed by atoms with Gasteiger partial charge in [0.2, 0.25) is 5.89 Å². The van der Waals surface area contributed by atoms with Crippen LogP contribution in [0.1, 0.15) is 42.6 Å². The maximum absolute atomic E-state index is 12.5. The Labute approximate surface area is 129 Å². The van der Waals surface area contributed by atoms with Gasteiger partial charge in [-0.2, -0.15) is 0 Å². The molecule has 3 heterocycles. The number of hydrogen-bond donors (Lipinski definition) is 0. The Balaban J connectivity index is 1.69. The van der Waals surface area contributed by atoms with Gasteiger partial charge in [0.25, 0.3) is 0 Å². The number of pyridine rings is 1. The minimum absolute atomic E-state index is 0.0647. The van der Waals surface area contributed by atoms with Gasteiger partial charge in [-0.05, 0) is 31.4 Å². The van der Waals surface area contributed by atoms with Crippen LogP contribution in [0.5, 0.6) is 0 Å². The zero-order valence-corrected chi connectivity index (χ0v) is 12.7. The molecule has 22 heavy (non-hydrogen) atoms. The van der Waals surface area contributed by atoms with E-state index in [1.54, 1.807) is 12.3 Å². The van der Waals surface area contributed by atoms with Crippen molar-refractivity contribution in [1.82, 2.24) is 15.2 Å². The molecule has 6 heteroatoms. The van der Waals surface area contributed by atoms with Crippen molar-refractivity contribution in [3.05, 3.63) is 36.0 Å². The van der Waals surface area contributed by atoms with Crippen LogP contribution < -0.4 is 4.90 Å². The van der Waals surface area contributed by atoms with Crippen LogP contribution in [-0.2, 0) is 6.42 Å². The van der Waals surface area contributed by atoms with Crippen LogP contribution in [0.25, 0.3) is 0 Å². The molecule has 0 aromatic carbocycles. The second kappa shape index (κ2) is 6.68. The van der Waals surface area contributed by atoms with Gasteiger partial charge in [0, 0.05) is 31.6 Å². The molecule has 116 valence electrons. The van der Waals surface area contributed by atoms with Gasteiger partial charge in [0.1, 0.15) is 5.69 Å². The molecule has 3 rings (SSSR count). The molecule has 0 aliphatic carbocycles.